The van der Waals surface area contributed by atoms with E-state index in [4.69, 9.17) is 5.11 Å². The number of aliphatic hydroxyl groups excluding tert-OH is 1. The van der Waals surface area contributed by atoms with E-state index in [1.807, 2.05) is 18.3 Å². The van der Waals surface area contributed by atoms with Crippen molar-refractivity contribution in [2.45, 2.75) is 45.2 Å². The number of aromatic nitrogens is 1. The normalized spacial score (nSPS) is 18.9. The number of thiazole rings is 1. The first-order valence-corrected chi connectivity index (χ1v) is 6.37. The summed E-state index contributed by atoms with van der Waals surface area (Å²) in [7, 11) is 0. The third kappa shape index (κ3) is 2.38. The van der Waals surface area contributed by atoms with Gasteiger partial charge in [0.25, 0.3) is 0 Å². The van der Waals surface area contributed by atoms with E-state index in [9.17, 15) is 0 Å². The monoisotopic (exact) mass is 226 g/mol. The van der Waals surface area contributed by atoms with Crippen LogP contribution in [-0.4, -0.2) is 22.7 Å². The summed E-state index contributed by atoms with van der Waals surface area (Å²) in [6.07, 6.45) is 3.62. The van der Waals surface area contributed by atoms with E-state index in [-0.39, 0.29) is 18.7 Å². The molecule has 1 aliphatic carbocycles. The van der Waals surface area contributed by atoms with Crippen LogP contribution < -0.4 is 5.32 Å². The van der Waals surface area contributed by atoms with Crippen LogP contribution in [0.4, 0.5) is 0 Å². The number of aryl methyl sites for hydroxylation is 2. The maximum Gasteiger partial charge on any atom is 0.110 e. The smallest absolute Gasteiger partial charge is 0.110 e. The average Bonchev–Trinajstić information content (AvgIpc) is 2.76. The molecule has 4 heteroatoms. The van der Waals surface area contributed by atoms with Gasteiger partial charge in [0.1, 0.15) is 5.01 Å². The Morgan fingerprint density at radius 2 is 2.27 bits per heavy atom. The SMILES string of the molecule is CC(N[C@@H](C)CO)c1nc2c(s1)CCC2. The molecule has 0 radical (unpaired) electrons. The van der Waals surface area contributed by atoms with Gasteiger partial charge in [-0.15, -0.1) is 11.3 Å². The maximum absolute atomic E-state index is 8.97. The molecule has 1 heterocycles. The van der Waals surface area contributed by atoms with Crippen LogP contribution in [-0.2, 0) is 12.8 Å². The van der Waals surface area contributed by atoms with E-state index in [0.29, 0.717) is 0 Å². The minimum atomic E-state index is 0.138. The largest absolute Gasteiger partial charge is 0.395 e. The average molecular weight is 226 g/mol. The second kappa shape index (κ2) is 4.60. The molecular weight excluding hydrogens is 208 g/mol. The third-order valence-corrected chi connectivity index (χ3v) is 4.13. The lowest BCUT2D eigenvalue weighted by Crippen LogP contribution is -2.31. The van der Waals surface area contributed by atoms with Gasteiger partial charge >= 0.3 is 0 Å². The minimum Gasteiger partial charge on any atom is -0.395 e. The van der Waals surface area contributed by atoms with Gasteiger partial charge in [0.2, 0.25) is 0 Å². The second-order valence-corrected chi connectivity index (χ2v) is 5.36. The summed E-state index contributed by atoms with van der Waals surface area (Å²) < 4.78 is 0. The van der Waals surface area contributed by atoms with Gasteiger partial charge in [-0.05, 0) is 33.1 Å². The Bertz CT molecular complexity index is 316. The molecule has 2 atom stereocenters. The molecule has 1 aliphatic rings. The summed E-state index contributed by atoms with van der Waals surface area (Å²) in [6, 6.07) is 0.390. The van der Waals surface area contributed by atoms with Crippen LogP contribution in [0.15, 0.2) is 0 Å². The Morgan fingerprint density at radius 1 is 1.47 bits per heavy atom. The van der Waals surface area contributed by atoms with Crippen LogP contribution in [0.25, 0.3) is 0 Å². The number of hydrogen-bond donors (Lipinski definition) is 2. The van der Waals surface area contributed by atoms with Crippen molar-refractivity contribution >= 4 is 11.3 Å². The Labute approximate surface area is 94.5 Å². The first-order valence-electron chi connectivity index (χ1n) is 5.56. The van der Waals surface area contributed by atoms with Crippen LogP contribution in [0.5, 0.6) is 0 Å². The molecule has 0 fully saturated rings. The quantitative estimate of drug-likeness (QED) is 0.821. The molecule has 15 heavy (non-hydrogen) atoms. The number of aliphatic hydroxyl groups is 1. The Kier molecular flexibility index (Phi) is 3.38. The molecule has 0 bridgehead atoms. The van der Waals surface area contributed by atoms with E-state index >= 15 is 0 Å². The van der Waals surface area contributed by atoms with E-state index < -0.39 is 0 Å². The fourth-order valence-electron chi connectivity index (χ4n) is 1.95. The third-order valence-electron chi connectivity index (χ3n) is 2.79. The van der Waals surface area contributed by atoms with Crippen LogP contribution in [0.1, 0.15) is 41.9 Å². The van der Waals surface area contributed by atoms with Gasteiger partial charge in [-0.1, -0.05) is 0 Å². The molecule has 0 spiro atoms. The van der Waals surface area contributed by atoms with Crippen molar-refractivity contribution in [1.29, 1.82) is 0 Å². The van der Waals surface area contributed by atoms with Gasteiger partial charge < -0.3 is 10.4 Å². The van der Waals surface area contributed by atoms with Crippen molar-refractivity contribution in [3.8, 4) is 0 Å². The lowest BCUT2D eigenvalue weighted by Gasteiger charge is -2.16. The summed E-state index contributed by atoms with van der Waals surface area (Å²) in [5.41, 5.74) is 1.31. The Balaban J connectivity index is 2.03. The first-order chi connectivity index (χ1) is 7.20. The molecule has 0 saturated heterocycles. The summed E-state index contributed by atoms with van der Waals surface area (Å²) in [5.74, 6) is 0. The van der Waals surface area contributed by atoms with Gasteiger partial charge in [0.05, 0.1) is 18.3 Å². The van der Waals surface area contributed by atoms with Crippen LogP contribution in [0, 0.1) is 0 Å². The number of nitrogens with zero attached hydrogens (tertiary/aromatic N) is 1. The maximum atomic E-state index is 8.97. The number of nitrogens with one attached hydrogen (secondary N) is 1. The van der Waals surface area contributed by atoms with Crippen LogP contribution in [0.3, 0.4) is 0 Å². The van der Waals surface area contributed by atoms with Crippen molar-refractivity contribution in [2.24, 2.45) is 0 Å². The van der Waals surface area contributed by atoms with Gasteiger partial charge in [-0.2, -0.15) is 0 Å². The molecule has 0 aromatic carbocycles. The molecule has 1 unspecified atom stereocenters. The van der Waals surface area contributed by atoms with Crippen molar-refractivity contribution in [2.75, 3.05) is 6.61 Å². The highest BCUT2D eigenvalue weighted by Gasteiger charge is 2.20. The lowest BCUT2D eigenvalue weighted by molar-refractivity contribution is 0.243. The summed E-state index contributed by atoms with van der Waals surface area (Å²) in [6.45, 7) is 4.27. The highest BCUT2D eigenvalue weighted by Crippen LogP contribution is 2.30. The molecular formula is C11H18N2OS. The summed E-state index contributed by atoms with van der Waals surface area (Å²) in [4.78, 5) is 6.12. The van der Waals surface area contributed by atoms with Crippen molar-refractivity contribution in [3.63, 3.8) is 0 Å². The van der Waals surface area contributed by atoms with Crippen molar-refractivity contribution in [3.05, 3.63) is 15.6 Å². The first kappa shape index (κ1) is 11.0. The zero-order valence-corrected chi connectivity index (χ0v) is 10.1. The van der Waals surface area contributed by atoms with Crippen molar-refractivity contribution in [1.82, 2.24) is 10.3 Å². The molecule has 0 amide bonds. The Hall–Kier alpha value is -0.450. The topological polar surface area (TPSA) is 45.1 Å². The molecule has 84 valence electrons. The van der Waals surface area contributed by atoms with Gasteiger partial charge in [-0.25, -0.2) is 4.98 Å². The molecule has 0 saturated carbocycles. The predicted molar refractivity (Wildman–Crippen MR) is 62.2 cm³/mol. The highest BCUT2D eigenvalue weighted by atomic mass is 32.1. The minimum absolute atomic E-state index is 0.138. The zero-order valence-electron chi connectivity index (χ0n) is 9.29. The zero-order chi connectivity index (χ0) is 10.8. The highest BCUT2D eigenvalue weighted by molar-refractivity contribution is 7.11. The van der Waals surface area contributed by atoms with E-state index in [1.165, 1.54) is 28.4 Å². The van der Waals surface area contributed by atoms with Crippen molar-refractivity contribution < 1.29 is 5.11 Å². The molecule has 3 nitrogen and oxygen atoms in total. The van der Waals surface area contributed by atoms with Gasteiger partial charge in [0.15, 0.2) is 0 Å². The lowest BCUT2D eigenvalue weighted by atomic mass is 10.3. The molecule has 0 aliphatic heterocycles. The van der Waals surface area contributed by atoms with E-state index in [1.54, 1.807) is 0 Å². The summed E-state index contributed by atoms with van der Waals surface area (Å²) >= 11 is 1.83. The molecule has 1 aromatic heterocycles. The van der Waals surface area contributed by atoms with Gasteiger partial charge in [0, 0.05) is 10.9 Å². The van der Waals surface area contributed by atoms with E-state index in [2.05, 4.69) is 17.2 Å². The Morgan fingerprint density at radius 3 is 2.93 bits per heavy atom. The molecule has 2 rings (SSSR count). The summed E-state index contributed by atoms with van der Waals surface area (Å²) in [5, 5.41) is 13.5. The van der Waals surface area contributed by atoms with Gasteiger partial charge in [-0.3, -0.25) is 0 Å². The fourth-order valence-corrected chi connectivity index (χ4v) is 3.11. The standard InChI is InChI=1S/C11H18N2OS/c1-7(6-14)12-8(2)11-13-9-4-3-5-10(9)15-11/h7-8,12,14H,3-6H2,1-2H3/t7-,8?/m0/s1. The van der Waals surface area contributed by atoms with E-state index in [0.717, 1.165) is 6.42 Å². The number of rotatable bonds is 4. The second-order valence-electron chi connectivity index (χ2n) is 4.25. The van der Waals surface area contributed by atoms with Crippen LogP contribution in [0.2, 0.25) is 0 Å². The number of fused-ring (bicyclic) bond motifs is 1. The fraction of sp³-hybridized carbons (Fsp3) is 0.727. The predicted octanol–water partition coefficient (Wildman–Crippen LogP) is 1.66. The van der Waals surface area contributed by atoms with Crippen LogP contribution >= 0.6 is 11.3 Å². The molecule has 2 N–H and O–H groups in total. The molecule has 1 aromatic rings. The number of hydrogen-bond acceptors (Lipinski definition) is 4.